The Kier molecular flexibility index (Phi) is 5.85. The number of carbonyl (C=O) groups excluding carboxylic acids is 2. The van der Waals surface area contributed by atoms with Gasteiger partial charge in [0.1, 0.15) is 0 Å². The van der Waals surface area contributed by atoms with E-state index in [1.54, 1.807) is 60.7 Å². The molecule has 0 saturated carbocycles. The highest BCUT2D eigenvalue weighted by molar-refractivity contribution is 6.04. The lowest BCUT2D eigenvalue weighted by molar-refractivity contribution is -0.112. The number of ether oxygens (including phenoxy) is 4. The van der Waals surface area contributed by atoms with Gasteiger partial charge in [-0.3, -0.25) is 9.59 Å². The van der Waals surface area contributed by atoms with Crippen molar-refractivity contribution in [3.8, 4) is 23.0 Å². The largest absolute Gasteiger partial charge is 0.454 e. The molecule has 0 aromatic heterocycles. The maximum atomic E-state index is 12.3. The highest BCUT2D eigenvalue weighted by atomic mass is 16.7. The van der Waals surface area contributed by atoms with Crippen molar-refractivity contribution in [2.24, 2.45) is 0 Å². The number of fused-ring (bicyclic) bond motifs is 2. The van der Waals surface area contributed by atoms with Crippen molar-refractivity contribution in [2.45, 2.75) is 0 Å². The first-order valence-electron chi connectivity index (χ1n) is 10.5. The predicted molar refractivity (Wildman–Crippen MR) is 127 cm³/mol. The third-order valence-corrected chi connectivity index (χ3v) is 5.05. The Morgan fingerprint density at radius 3 is 1.59 bits per heavy atom. The molecule has 0 spiro atoms. The van der Waals surface area contributed by atoms with Crippen LogP contribution in [0.15, 0.2) is 72.8 Å². The van der Waals surface area contributed by atoms with E-state index in [0.29, 0.717) is 34.4 Å². The summed E-state index contributed by atoms with van der Waals surface area (Å²) in [6, 6.07) is 17.8. The quantitative estimate of drug-likeness (QED) is 0.533. The second-order valence-corrected chi connectivity index (χ2v) is 7.45. The Bertz CT molecular complexity index is 1220. The number of hydrogen-bond donors (Lipinski definition) is 2. The first-order valence-corrected chi connectivity index (χ1v) is 10.5. The molecule has 2 N–H and O–H groups in total. The molecule has 2 heterocycles. The van der Waals surface area contributed by atoms with Gasteiger partial charge in [0.25, 0.3) is 0 Å². The van der Waals surface area contributed by atoms with Crippen molar-refractivity contribution >= 4 is 35.3 Å². The number of benzene rings is 3. The topological polar surface area (TPSA) is 95.1 Å². The minimum atomic E-state index is -0.302. The number of carbonyl (C=O) groups is 2. The average Bonchev–Trinajstić information content (AvgIpc) is 3.50. The fourth-order valence-electron chi connectivity index (χ4n) is 3.42. The van der Waals surface area contributed by atoms with Crippen LogP contribution in [0.2, 0.25) is 0 Å². The molecular weight excluding hydrogens is 436 g/mol. The Balaban J connectivity index is 1.17. The normalized spacial score (nSPS) is 13.4. The van der Waals surface area contributed by atoms with Crippen molar-refractivity contribution in [3.05, 3.63) is 83.9 Å². The van der Waals surface area contributed by atoms with Gasteiger partial charge >= 0.3 is 0 Å². The van der Waals surface area contributed by atoms with E-state index in [1.165, 1.54) is 12.2 Å². The van der Waals surface area contributed by atoms with Crippen LogP contribution in [0.25, 0.3) is 12.2 Å². The lowest BCUT2D eigenvalue weighted by atomic mass is 10.2. The molecule has 0 fully saturated rings. The van der Waals surface area contributed by atoms with Crippen LogP contribution in [0.1, 0.15) is 11.1 Å². The molecule has 34 heavy (non-hydrogen) atoms. The summed E-state index contributed by atoms with van der Waals surface area (Å²) in [5.41, 5.74) is 2.74. The van der Waals surface area contributed by atoms with Gasteiger partial charge < -0.3 is 29.6 Å². The maximum absolute atomic E-state index is 12.3. The molecular formula is C26H20N2O6. The predicted octanol–water partition coefficient (Wildman–Crippen LogP) is 4.45. The van der Waals surface area contributed by atoms with E-state index >= 15 is 0 Å². The summed E-state index contributed by atoms with van der Waals surface area (Å²) in [4.78, 5) is 24.6. The highest BCUT2D eigenvalue weighted by Crippen LogP contribution is 2.33. The molecule has 2 amide bonds. The van der Waals surface area contributed by atoms with Gasteiger partial charge in [0.2, 0.25) is 25.4 Å². The number of amides is 2. The van der Waals surface area contributed by atoms with Gasteiger partial charge in [-0.2, -0.15) is 0 Å². The van der Waals surface area contributed by atoms with E-state index in [2.05, 4.69) is 10.6 Å². The van der Waals surface area contributed by atoms with Crippen molar-refractivity contribution in [2.75, 3.05) is 24.2 Å². The maximum Gasteiger partial charge on any atom is 0.248 e. The van der Waals surface area contributed by atoms with Gasteiger partial charge in [0.15, 0.2) is 23.0 Å². The van der Waals surface area contributed by atoms with Crippen LogP contribution in [0.4, 0.5) is 11.4 Å². The minimum Gasteiger partial charge on any atom is -0.454 e. The van der Waals surface area contributed by atoms with Crippen LogP contribution in [0.5, 0.6) is 23.0 Å². The summed E-state index contributed by atoms with van der Waals surface area (Å²) in [6.45, 7) is 0.397. The molecule has 0 radical (unpaired) electrons. The zero-order valence-electron chi connectivity index (χ0n) is 17.9. The SMILES string of the molecule is O=C(/C=C\c1ccc2c(c1)OCO2)Nc1cccc(NC(=O)/C=C/c2ccc3c(c2)OCO3)c1. The van der Waals surface area contributed by atoms with Crippen molar-refractivity contribution in [3.63, 3.8) is 0 Å². The van der Waals surface area contributed by atoms with E-state index in [4.69, 9.17) is 18.9 Å². The van der Waals surface area contributed by atoms with Crippen LogP contribution in [0, 0.1) is 0 Å². The fraction of sp³-hybridized carbons (Fsp3) is 0.0769. The summed E-state index contributed by atoms with van der Waals surface area (Å²) in [7, 11) is 0. The number of hydrogen-bond acceptors (Lipinski definition) is 6. The molecule has 170 valence electrons. The molecule has 8 nitrogen and oxygen atoms in total. The summed E-state index contributed by atoms with van der Waals surface area (Å²) >= 11 is 0. The second-order valence-electron chi connectivity index (χ2n) is 7.45. The summed E-state index contributed by atoms with van der Waals surface area (Å²) in [5.74, 6) is 2.07. The fourth-order valence-corrected chi connectivity index (χ4v) is 3.42. The first-order chi connectivity index (χ1) is 16.6. The standard InChI is InChI=1S/C26H20N2O6/c29-25(10-6-17-4-8-21-23(12-17)33-15-31-21)27-19-2-1-3-20(14-19)28-26(30)11-7-18-5-9-22-24(13-18)34-16-32-22/h1-14H,15-16H2,(H,27,29)(H,28,30)/b10-6-,11-7+. The molecule has 2 aliphatic heterocycles. The van der Waals surface area contributed by atoms with Crippen LogP contribution in [-0.4, -0.2) is 25.4 Å². The molecule has 0 atom stereocenters. The van der Waals surface area contributed by atoms with Crippen LogP contribution in [-0.2, 0) is 9.59 Å². The van der Waals surface area contributed by atoms with Crippen LogP contribution >= 0.6 is 0 Å². The Morgan fingerprint density at radius 1 is 0.618 bits per heavy atom. The summed E-state index contributed by atoms with van der Waals surface area (Å²) in [5, 5.41) is 5.57. The molecule has 0 saturated heterocycles. The third kappa shape index (κ3) is 5.02. The van der Waals surface area contributed by atoms with E-state index in [-0.39, 0.29) is 25.4 Å². The van der Waals surface area contributed by atoms with E-state index < -0.39 is 0 Å². The van der Waals surface area contributed by atoms with Crippen molar-refractivity contribution < 1.29 is 28.5 Å². The van der Waals surface area contributed by atoms with E-state index in [9.17, 15) is 9.59 Å². The Labute approximate surface area is 195 Å². The molecule has 0 unspecified atom stereocenters. The Morgan fingerprint density at radius 2 is 1.09 bits per heavy atom. The zero-order chi connectivity index (χ0) is 23.3. The van der Waals surface area contributed by atoms with Gasteiger partial charge in [-0.25, -0.2) is 0 Å². The van der Waals surface area contributed by atoms with Crippen LogP contribution in [0.3, 0.4) is 0 Å². The lowest BCUT2D eigenvalue weighted by Gasteiger charge is -2.06. The highest BCUT2D eigenvalue weighted by Gasteiger charge is 2.13. The summed E-state index contributed by atoms with van der Waals surface area (Å²) in [6.07, 6.45) is 6.22. The number of rotatable bonds is 6. The lowest BCUT2D eigenvalue weighted by Crippen LogP contribution is -2.10. The molecule has 0 aliphatic carbocycles. The first kappa shape index (κ1) is 21.1. The van der Waals surface area contributed by atoms with Gasteiger partial charge in [-0.15, -0.1) is 0 Å². The van der Waals surface area contributed by atoms with Crippen molar-refractivity contribution in [1.82, 2.24) is 0 Å². The Hall–Kier alpha value is -4.72. The molecule has 3 aromatic carbocycles. The average molecular weight is 456 g/mol. The van der Waals surface area contributed by atoms with Crippen molar-refractivity contribution in [1.29, 1.82) is 0 Å². The smallest absolute Gasteiger partial charge is 0.248 e. The molecule has 8 heteroatoms. The van der Waals surface area contributed by atoms with Gasteiger partial charge in [0.05, 0.1) is 0 Å². The minimum absolute atomic E-state index is 0.198. The van der Waals surface area contributed by atoms with Gasteiger partial charge in [0, 0.05) is 23.5 Å². The van der Waals surface area contributed by atoms with E-state index in [1.807, 2.05) is 12.1 Å². The van der Waals surface area contributed by atoms with Crippen LogP contribution < -0.4 is 29.6 Å². The third-order valence-electron chi connectivity index (χ3n) is 5.05. The zero-order valence-corrected chi connectivity index (χ0v) is 17.9. The number of nitrogens with one attached hydrogen (secondary N) is 2. The number of anilines is 2. The second kappa shape index (κ2) is 9.41. The monoisotopic (exact) mass is 456 g/mol. The summed E-state index contributed by atoms with van der Waals surface area (Å²) < 4.78 is 21.2. The molecule has 3 aromatic rings. The van der Waals surface area contributed by atoms with Gasteiger partial charge in [-0.05, 0) is 65.7 Å². The molecule has 5 rings (SSSR count). The van der Waals surface area contributed by atoms with E-state index in [0.717, 1.165) is 11.1 Å². The molecule has 0 bridgehead atoms. The van der Waals surface area contributed by atoms with Gasteiger partial charge in [-0.1, -0.05) is 18.2 Å². The molecule has 2 aliphatic rings.